The second-order valence-electron chi connectivity index (χ2n) is 8.78. The van der Waals surface area contributed by atoms with Gasteiger partial charge in [-0.1, -0.05) is 19.1 Å². The number of allylic oxidation sites excluding steroid dienone is 2. The second kappa shape index (κ2) is 7.23. The van der Waals surface area contributed by atoms with E-state index in [2.05, 4.69) is 0 Å². The van der Waals surface area contributed by atoms with Crippen molar-refractivity contribution in [3.8, 4) is 0 Å². The number of ether oxygens (including phenoxy) is 1. The van der Waals surface area contributed by atoms with Crippen molar-refractivity contribution < 1.29 is 32.6 Å². The van der Waals surface area contributed by atoms with Gasteiger partial charge in [-0.05, 0) is 63.2 Å². The molecule has 3 rings (SSSR count). The summed E-state index contributed by atoms with van der Waals surface area (Å²) in [7, 11) is 0. The molecule has 0 saturated heterocycles. The zero-order valence-electron chi connectivity index (χ0n) is 16.3. The lowest BCUT2D eigenvalue weighted by Crippen LogP contribution is -2.36. The summed E-state index contributed by atoms with van der Waals surface area (Å²) in [6.45, 7) is 3.67. The van der Waals surface area contributed by atoms with Crippen LogP contribution in [0.1, 0.15) is 58.8 Å². The number of rotatable bonds is 5. The van der Waals surface area contributed by atoms with Crippen LogP contribution in [0.15, 0.2) is 23.3 Å². The fourth-order valence-electron chi connectivity index (χ4n) is 5.38. The Morgan fingerprint density at radius 2 is 1.93 bits per heavy atom. The fraction of sp³-hybridized carbons (Fsp3) is 0.714. The monoisotopic (exact) mass is 400 g/mol. The van der Waals surface area contributed by atoms with Gasteiger partial charge in [0.05, 0.1) is 23.7 Å². The Morgan fingerprint density at radius 3 is 2.46 bits per heavy atom. The largest absolute Gasteiger partial charge is 0.478 e. The lowest BCUT2D eigenvalue weighted by Gasteiger charge is -2.40. The predicted molar refractivity (Wildman–Crippen MR) is 96.3 cm³/mol. The van der Waals surface area contributed by atoms with Gasteiger partial charge in [-0.3, -0.25) is 4.79 Å². The Kier molecular flexibility index (Phi) is 5.40. The maximum Gasteiger partial charge on any atom is 0.414 e. The molecule has 2 unspecified atom stereocenters. The predicted octanol–water partition coefficient (Wildman–Crippen LogP) is 5.05. The average molecular weight is 400 g/mol. The van der Waals surface area contributed by atoms with Crippen molar-refractivity contribution in [1.82, 2.24) is 0 Å². The normalized spacial score (nSPS) is 35.2. The molecule has 2 saturated carbocycles. The summed E-state index contributed by atoms with van der Waals surface area (Å²) < 4.78 is 46.3. The summed E-state index contributed by atoms with van der Waals surface area (Å²) >= 11 is 0. The van der Waals surface area contributed by atoms with E-state index in [1.807, 2.05) is 0 Å². The molecule has 0 aromatic heterocycles. The molecule has 0 radical (unpaired) electrons. The van der Waals surface area contributed by atoms with E-state index in [-0.39, 0.29) is 29.6 Å². The van der Waals surface area contributed by atoms with Gasteiger partial charge in [0.1, 0.15) is 0 Å². The molecule has 1 N–H and O–H groups in total. The van der Waals surface area contributed by atoms with Gasteiger partial charge in [0.2, 0.25) is 0 Å². The number of halogens is 3. The minimum atomic E-state index is -4.67. The van der Waals surface area contributed by atoms with Gasteiger partial charge in [0, 0.05) is 5.41 Å². The van der Waals surface area contributed by atoms with E-state index in [9.17, 15) is 27.9 Å². The summed E-state index contributed by atoms with van der Waals surface area (Å²) in [5.74, 6) is -1.66. The number of carboxylic acid groups (broad SMARTS) is 1. The third-order valence-electron chi connectivity index (χ3n) is 6.84. The average Bonchev–Trinajstić information content (AvgIpc) is 3.30. The SMILES string of the molecule is CCOC(=O)C1CC12CCC(CC1(C)CC=CC(C(=O)O)=C1C(F)(F)F)CC2. The topological polar surface area (TPSA) is 63.6 Å². The number of esters is 1. The minimum absolute atomic E-state index is 0.0228. The molecule has 1 spiro atoms. The van der Waals surface area contributed by atoms with Gasteiger partial charge in [0.15, 0.2) is 0 Å². The number of carbonyl (C=O) groups is 2. The molecule has 3 aliphatic rings. The minimum Gasteiger partial charge on any atom is -0.478 e. The highest BCUT2D eigenvalue weighted by Crippen LogP contribution is 2.63. The van der Waals surface area contributed by atoms with Crippen LogP contribution in [-0.2, 0) is 14.3 Å². The molecule has 3 aliphatic carbocycles. The van der Waals surface area contributed by atoms with Gasteiger partial charge in [-0.15, -0.1) is 0 Å². The second-order valence-corrected chi connectivity index (χ2v) is 8.78. The third kappa shape index (κ3) is 3.85. The molecule has 0 aromatic carbocycles. The first kappa shape index (κ1) is 20.9. The van der Waals surface area contributed by atoms with E-state index in [0.29, 0.717) is 13.0 Å². The van der Waals surface area contributed by atoms with Crippen LogP contribution in [0.5, 0.6) is 0 Å². The number of alkyl halides is 3. The molecule has 2 fully saturated rings. The third-order valence-corrected chi connectivity index (χ3v) is 6.84. The molecule has 0 aliphatic heterocycles. The maximum absolute atomic E-state index is 13.7. The molecule has 0 aromatic rings. The quantitative estimate of drug-likeness (QED) is 0.656. The van der Waals surface area contributed by atoms with E-state index in [1.165, 1.54) is 6.92 Å². The molecule has 0 bridgehead atoms. The summed E-state index contributed by atoms with van der Waals surface area (Å²) in [5.41, 5.74) is -2.81. The van der Waals surface area contributed by atoms with Crippen LogP contribution in [-0.4, -0.2) is 29.8 Å². The Balaban J connectivity index is 1.70. The van der Waals surface area contributed by atoms with Crippen molar-refractivity contribution in [2.24, 2.45) is 22.7 Å². The van der Waals surface area contributed by atoms with Crippen molar-refractivity contribution in [2.45, 2.75) is 65.0 Å². The molecule has 28 heavy (non-hydrogen) atoms. The van der Waals surface area contributed by atoms with Gasteiger partial charge in [-0.25, -0.2) is 4.79 Å². The van der Waals surface area contributed by atoms with Crippen LogP contribution in [0.4, 0.5) is 13.2 Å². The van der Waals surface area contributed by atoms with E-state index in [1.54, 1.807) is 13.0 Å². The maximum atomic E-state index is 13.7. The van der Waals surface area contributed by atoms with E-state index < -0.39 is 28.7 Å². The van der Waals surface area contributed by atoms with Gasteiger partial charge < -0.3 is 9.84 Å². The van der Waals surface area contributed by atoms with Crippen LogP contribution >= 0.6 is 0 Å². The molecule has 7 heteroatoms. The molecule has 2 atom stereocenters. The number of aliphatic carboxylic acids is 1. The molecule has 4 nitrogen and oxygen atoms in total. The van der Waals surface area contributed by atoms with E-state index in [4.69, 9.17) is 4.74 Å². The van der Waals surface area contributed by atoms with Crippen molar-refractivity contribution in [3.63, 3.8) is 0 Å². The lowest BCUT2D eigenvalue weighted by molar-refractivity contribution is -0.146. The summed E-state index contributed by atoms with van der Waals surface area (Å²) in [6, 6.07) is 0. The van der Waals surface area contributed by atoms with Gasteiger partial charge in [0.25, 0.3) is 0 Å². The molecule has 0 heterocycles. The summed E-state index contributed by atoms with van der Waals surface area (Å²) in [5, 5.41) is 9.26. The van der Waals surface area contributed by atoms with Crippen LogP contribution in [0.3, 0.4) is 0 Å². The fourth-order valence-corrected chi connectivity index (χ4v) is 5.38. The van der Waals surface area contributed by atoms with Crippen LogP contribution in [0.25, 0.3) is 0 Å². The Hall–Kier alpha value is -1.79. The molecular formula is C21H27F3O4. The first-order chi connectivity index (χ1) is 13.0. The number of hydrogen-bond acceptors (Lipinski definition) is 3. The van der Waals surface area contributed by atoms with Crippen LogP contribution in [0.2, 0.25) is 0 Å². The lowest BCUT2D eigenvalue weighted by atomic mass is 9.65. The Labute approximate surface area is 162 Å². The number of hydrogen-bond donors (Lipinski definition) is 1. The van der Waals surface area contributed by atoms with Crippen LogP contribution in [0, 0.1) is 22.7 Å². The smallest absolute Gasteiger partial charge is 0.414 e. The summed E-state index contributed by atoms with van der Waals surface area (Å²) in [6.07, 6.45) is 2.44. The van der Waals surface area contributed by atoms with Crippen molar-refractivity contribution >= 4 is 11.9 Å². The van der Waals surface area contributed by atoms with Gasteiger partial charge in [-0.2, -0.15) is 13.2 Å². The Morgan fingerprint density at radius 1 is 1.29 bits per heavy atom. The zero-order valence-corrected chi connectivity index (χ0v) is 16.3. The first-order valence-corrected chi connectivity index (χ1v) is 9.91. The highest BCUT2D eigenvalue weighted by Gasteiger charge is 2.60. The number of carbonyl (C=O) groups excluding carboxylic acids is 1. The van der Waals surface area contributed by atoms with E-state index in [0.717, 1.165) is 38.2 Å². The zero-order chi connectivity index (χ0) is 20.7. The van der Waals surface area contributed by atoms with E-state index >= 15 is 0 Å². The molecule has 156 valence electrons. The first-order valence-electron chi connectivity index (χ1n) is 9.91. The number of carboxylic acids is 1. The van der Waals surface area contributed by atoms with Crippen molar-refractivity contribution in [1.29, 1.82) is 0 Å². The standard InChI is InChI=1S/C21H27F3O4/c1-3-28-18(27)15-12-20(15)9-6-13(7-10-20)11-19(2)8-4-5-14(17(25)26)16(19)21(22,23)24/h4-5,13,15H,3,6-12H2,1-2H3,(H,25,26). The highest BCUT2D eigenvalue weighted by atomic mass is 19.4. The van der Waals surface area contributed by atoms with Crippen molar-refractivity contribution in [3.05, 3.63) is 23.3 Å². The summed E-state index contributed by atoms with van der Waals surface area (Å²) in [4.78, 5) is 23.4. The molecular weight excluding hydrogens is 373 g/mol. The molecule has 0 amide bonds. The van der Waals surface area contributed by atoms with Crippen molar-refractivity contribution in [2.75, 3.05) is 6.61 Å². The van der Waals surface area contributed by atoms with Gasteiger partial charge >= 0.3 is 18.1 Å². The highest BCUT2D eigenvalue weighted by molar-refractivity contribution is 5.91. The van der Waals surface area contributed by atoms with Crippen LogP contribution < -0.4 is 0 Å². The Bertz CT molecular complexity index is 714.